The molecule has 1 saturated heterocycles. The Bertz CT molecular complexity index is 580. The maximum absolute atomic E-state index is 12.5. The Morgan fingerprint density at radius 1 is 1.33 bits per heavy atom. The lowest BCUT2D eigenvalue weighted by Crippen LogP contribution is -2.42. The number of hydrogen-bond donors (Lipinski definition) is 0. The molecule has 1 aliphatic heterocycles. The Labute approximate surface area is 115 Å². The van der Waals surface area contributed by atoms with E-state index in [9.17, 15) is 8.42 Å². The smallest absolute Gasteiger partial charge is 0.207 e. The van der Waals surface area contributed by atoms with Gasteiger partial charge in [-0.2, -0.15) is 9.57 Å². The van der Waals surface area contributed by atoms with E-state index in [4.69, 9.17) is 5.26 Å². The number of nitriles is 1. The van der Waals surface area contributed by atoms with E-state index < -0.39 is 16.1 Å². The van der Waals surface area contributed by atoms with Gasteiger partial charge >= 0.3 is 0 Å². The van der Waals surface area contributed by atoms with Crippen LogP contribution in [-0.2, 0) is 10.0 Å². The van der Waals surface area contributed by atoms with E-state index in [0.717, 1.165) is 12.8 Å². The van der Waals surface area contributed by atoms with Gasteiger partial charge in [-0.25, -0.2) is 8.42 Å². The molecule has 1 heterocycles. The Balaban J connectivity index is 2.43. The number of piperidine rings is 1. The first-order valence-electron chi connectivity index (χ1n) is 5.73. The third kappa shape index (κ3) is 2.44. The Morgan fingerprint density at radius 2 is 2.06 bits per heavy atom. The first kappa shape index (κ1) is 13.5. The summed E-state index contributed by atoms with van der Waals surface area (Å²) in [6.45, 7) is 0.419. The number of rotatable bonds is 2. The van der Waals surface area contributed by atoms with Crippen LogP contribution in [0.1, 0.15) is 19.3 Å². The van der Waals surface area contributed by atoms with Gasteiger partial charge in [0.25, 0.3) is 0 Å². The lowest BCUT2D eigenvalue weighted by molar-refractivity contribution is 0.297. The number of hydrogen-bond acceptors (Lipinski definition) is 3. The van der Waals surface area contributed by atoms with Crippen LogP contribution >= 0.6 is 15.9 Å². The summed E-state index contributed by atoms with van der Waals surface area (Å²) >= 11 is 3.25. The van der Waals surface area contributed by atoms with Gasteiger partial charge in [-0.15, -0.1) is 0 Å². The summed E-state index contributed by atoms with van der Waals surface area (Å²) in [5.41, 5.74) is 0. The molecular formula is C12H13BrN2O2S. The number of nitrogens with zero attached hydrogens (tertiary/aromatic N) is 2. The summed E-state index contributed by atoms with van der Waals surface area (Å²) in [6, 6.07) is 8.23. The van der Waals surface area contributed by atoms with Gasteiger partial charge in [0, 0.05) is 11.0 Å². The van der Waals surface area contributed by atoms with E-state index >= 15 is 0 Å². The lowest BCUT2D eigenvalue weighted by atomic mass is 10.1. The maximum atomic E-state index is 12.5. The molecule has 1 aromatic rings. The van der Waals surface area contributed by atoms with Crippen LogP contribution in [-0.4, -0.2) is 25.3 Å². The molecule has 1 fully saturated rings. The fourth-order valence-electron chi connectivity index (χ4n) is 2.10. The molecule has 0 bridgehead atoms. The van der Waals surface area contributed by atoms with Crippen molar-refractivity contribution in [2.24, 2.45) is 0 Å². The number of benzene rings is 1. The highest BCUT2D eigenvalue weighted by atomic mass is 79.9. The van der Waals surface area contributed by atoms with Gasteiger partial charge in [-0.1, -0.05) is 12.1 Å². The predicted molar refractivity (Wildman–Crippen MR) is 71.3 cm³/mol. The molecule has 1 unspecified atom stereocenters. The van der Waals surface area contributed by atoms with Gasteiger partial charge in [0.05, 0.1) is 11.0 Å². The van der Waals surface area contributed by atoms with Gasteiger partial charge in [0.15, 0.2) is 0 Å². The first-order chi connectivity index (χ1) is 8.57. The van der Waals surface area contributed by atoms with Crippen molar-refractivity contribution in [3.05, 3.63) is 28.7 Å². The summed E-state index contributed by atoms with van der Waals surface area (Å²) in [4.78, 5) is 0.229. The Morgan fingerprint density at radius 3 is 2.72 bits per heavy atom. The molecule has 1 aromatic carbocycles. The third-order valence-electron chi connectivity index (χ3n) is 3.03. The molecular weight excluding hydrogens is 316 g/mol. The molecule has 0 amide bonds. The predicted octanol–water partition coefficient (Wildman–Crippen LogP) is 2.52. The molecule has 2 rings (SSSR count). The molecule has 1 atom stereocenters. The van der Waals surface area contributed by atoms with Crippen molar-refractivity contribution in [3.8, 4) is 6.07 Å². The first-order valence-corrected chi connectivity index (χ1v) is 7.96. The molecule has 4 nitrogen and oxygen atoms in total. The van der Waals surface area contributed by atoms with Crippen molar-refractivity contribution in [1.82, 2.24) is 4.31 Å². The summed E-state index contributed by atoms with van der Waals surface area (Å²) < 4.78 is 26.9. The standard InChI is InChI=1S/C12H13BrN2O2S/c13-11-6-1-2-7-12(11)18(16,17)15-8-4-3-5-10(15)9-14/h1-2,6-7,10H,3-5,8H2. The van der Waals surface area contributed by atoms with Gasteiger partial charge in [0.1, 0.15) is 6.04 Å². The minimum atomic E-state index is -3.59. The summed E-state index contributed by atoms with van der Waals surface area (Å²) in [6.07, 6.45) is 2.32. The summed E-state index contributed by atoms with van der Waals surface area (Å²) in [7, 11) is -3.59. The van der Waals surface area contributed by atoms with Crippen LogP contribution in [0.15, 0.2) is 33.6 Å². The highest BCUT2D eigenvalue weighted by molar-refractivity contribution is 9.10. The van der Waals surface area contributed by atoms with E-state index in [1.54, 1.807) is 24.3 Å². The van der Waals surface area contributed by atoms with Crippen molar-refractivity contribution in [1.29, 1.82) is 5.26 Å². The molecule has 0 saturated carbocycles. The minimum absolute atomic E-state index is 0.229. The van der Waals surface area contributed by atoms with Crippen molar-refractivity contribution >= 4 is 26.0 Å². The molecule has 1 aliphatic rings. The zero-order valence-electron chi connectivity index (χ0n) is 9.71. The Kier molecular flexibility index (Phi) is 4.05. The SMILES string of the molecule is N#CC1CCCCN1S(=O)(=O)c1ccccc1Br. The topological polar surface area (TPSA) is 61.2 Å². The van der Waals surface area contributed by atoms with E-state index in [-0.39, 0.29) is 4.90 Å². The number of sulfonamides is 1. The van der Waals surface area contributed by atoms with Crippen LogP contribution in [0.4, 0.5) is 0 Å². The lowest BCUT2D eigenvalue weighted by Gasteiger charge is -2.30. The molecule has 18 heavy (non-hydrogen) atoms. The second-order valence-corrected chi connectivity index (χ2v) is 6.90. The van der Waals surface area contributed by atoms with Gasteiger partial charge in [-0.05, 0) is 47.3 Å². The molecule has 0 radical (unpaired) electrons. The largest absolute Gasteiger partial charge is 0.245 e. The van der Waals surface area contributed by atoms with Gasteiger partial charge < -0.3 is 0 Å². The van der Waals surface area contributed by atoms with Crippen LogP contribution in [0.3, 0.4) is 0 Å². The van der Waals surface area contributed by atoms with Crippen molar-refractivity contribution in [2.45, 2.75) is 30.2 Å². The molecule has 0 N–H and O–H groups in total. The van der Waals surface area contributed by atoms with E-state index in [0.29, 0.717) is 17.4 Å². The monoisotopic (exact) mass is 328 g/mol. The molecule has 96 valence electrons. The quantitative estimate of drug-likeness (QED) is 0.838. The van der Waals surface area contributed by atoms with Crippen LogP contribution in [0, 0.1) is 11.3 Å². The highest BCUT2D eigenvalue weighted by Gasteiger charge is 2.34. The normalized spacial score (nSPS) is 21.4. The molecule has 6 heteroatoms. The van der Waals surface area contributed by atoms with Crippen molar-refractivity contribution in [2.75, 3.05) is 6.54 Å². The van der Waals surface area contributed by atoms with E-state index in [2.05, 4.69) is 22.0 Å². The number of halogens is 1. The summed E-state index contributed by atoms with van der Waals surface area (Å²) in [5.74, 6) is 0. The fourth-order valence-corrected chi connectivity index (χ4v) is 4.68. The molecule has 0 aromatic heterocycles. The van der Waals surface area contributed by atoms with E-state index in [1.165, 1.54) is 4.31 Å². The Hall–Kier alpha value is -0.900. The zero-order valence-corrected chi connectivity index (χ0v) is 12.1. The van der Waals surface area contributed by atoms with E-state index in [1.807, 2.05) is 0 Å². The van der Waals surface area contributed by atoms with Crippen LogP contribution in [0.25, 0.3) is 0 Å². The van der Waals surface area contributed by atoms with Crippen LogP contribution in [0.2, 0.25) is 0 Å². The van der Waals surface area contributed by atoms with Crippen molar-refractivity contribution < 1.29 is 8.42 Å². The average Bonchev–Trinajstić information content (AvgIpc) is 2.39. The van der Waals surface area contributed by atoms with Crippen LogP contribution < -0.4 is 0 Å². The fraction of sp³-hybridized carbons (Fsp3) is 0.417. The van der Waals surface area contributed by atoms with Gasteiger partial charge in [0.2, 0.25) is 10.0 Å². The third-order valence-corrected chi connectivity index (χ3v) is 5.95. The second kappa shape index (κ2) is 5.39. The second-order valence-electron chi connectivity index (χ2n) is 4.19. The molecule has 0 spiro atoms. The zero-order chi connectivity index (χ0) is 13.2. The molecule has 0 aliphatic carbocycles. The van der Waals surface area contributed by atoms with Crippen molar-refractivity contribution in [3.63, 3.8) is 0 Å². The summed E-state index contributed by atoms with van der Waals surface area (Å²) in [5, 5.41) is 9.07. The average molecular weight is 329 g/mol. The van der Waals surface area contributed by atoms with Crippen LogP contribution in [0.5, 0.6) is 0 Å². The maximum Gasteiger partial charge on any atom is 0.245 e. The minimum Gasteiger partial charge on any atom is -0.207 e. The van der Waals surface area contributed by atoms with Gasteiger partial charge in [-0.3, -0.25) is 0 Å². The highest BCUT2D eigenvalue weighted by Crippen LogP contribution is 2.29.